The number of rotatable bonds is 2. The first-order chi connectivity index (χ1) is 10.5. The number of hydrogen-bond donors (Lipinski definition) is 2. The van der Waals surface area contributed by atoms with E-state index in [4.69, 9.17) is 12.2 Å². The third-order valence-corrected chi connectivity index (χ3v) is 4.42. The average molecular weight is 316 g/mol. The fourth-order valence-electron chi connectivity index (χ4n) is 2.56. The molecule has 1 aromatic carbocycles. The lowest BCUT2D eigenvalue weighted by atomic mass is 10.0. The van der Waals surface area contributed by atoms with Crippen molar-refractivity contribution in [2.75, 3.05) is 0 Å². The summed E-state index contributed by atoms with van der Waals surface area (Å²) < 4.78 is 3.00. The average Bonchev–Trinajstić information content (AvgIpc) is 3.02. The third-order valence-electron chi connectivity index (χ3n) is 3.88. The number of nitrogens with one attached hydrogen (secondary N) is 1. The molecule has 0 saturated heterocycles. The minimum Gasteiger partial charge on any atom is -0.494 e. The highest BCUT2D eigenvalue weighted by Gasteiger charge is 2.26. The summed E-state index contributed by atoms with van der Waals surface area (Å²) in [6.07, 6.45) is 0.531. The van der Waals surface area contributed by atoms with E-state index in [9.17, 15) is 9.90 Å². The molecule has 0 saturated carbocycles. The quantitative estimate of drug-likeness (QED) is 0.826. The molecule has 2 N–H and O–H groups in total. The summed E-state index contributed by atoms with van der Waals surface area (Å²) in [5, 5.41) is 14.5. The summed E-state index contributed by atoms with van der Waals surface area (Å²) in [6, 6.07) is 9.86. The summed E-state index contributed by atoms with van der Waals surface area (Å²) in [6.45, 7) is 0. The molecule has 0 bridgehead atoms. The molecule has 22 heavy (non-hydrogen) atoms. The van der Waals surface area contributed by atoms with Crippen molar-refractivity contribution in [1.29, 1.82) is 0 Å². The minimum atomic E-state index is -0.338. The summed E-state index contributed by atoms with van der Waals surface area (Å²) in [5.41, 5.74) is 4.51. The van der Waals surface area contributed by atoms with E-state index in [1.54, 1.807) is 14.1 Å². The van der Waals surface area contributed by atoms with Gasteiger partial charge in [-0.3, -0.25) is 13.9 Å². The third kappa shape index (κ3) is 2.23. The topological polar surface area (TPSA) is 71.6 Å². The molecule has 2 heterocycles. The summed E-state index contributed by atoms with van der Waals surface area (Å²) in [5.74, 6) is -0.151. The molecule has 6 nitrogen and oxygen atoms in total. The molecule has 1 aliphatic rings. The van der Waals surface area contributed by atoms with Gasteiger partial charge in [0.1, 0.15) is 5.56 Å². The van der Waals surface area contributed by atoms with E-state index in [0.29, 0.717) is 12.1 Å². The molecule has 2 aromatic rings. The molecule has 114 valence electrons. The highest BCUT2D eigenvalue weighted by Crippen LogP contribution is 2.26. The van der Waals surface area contributed by atoms with Gasteiger partial charge in [-0.15, -0.1) is 0 Å². The second-order valence-corrected chi connectivity index (χ2v) is 5.62. The normalized spacial score (nSPS) is 17.2. The van der Waals surface area contributed by atoms with Crippen molar-refractivity contribution in [1.82, 2.24) is 14.6 Å². The Balaban J connectivity index is 2.01. The van der Waals surface area contributed by atoms with Crippen LogP contribution in [0.5, 0.6) is 5.88 Å². The summed E-state index contributed by atoms with van der Waals surface area (Å²) in [4.78, 5) is 12.4. The Hall–Kier alpha value is -2.41. The van der Waals surface area contributed by atoms with Crippen LogP contribution in [0.1, 0.15) is 23.6 Å². The Labute approximate surface area is 132 Å². The molecule has 1 unspecified atom stereocenters. The molecule has 0 radical (unpaired) electrons. The highest BCUT2D eigenvalue weighted by atomic mass is 32.1. The molecule has 1 atom stereocenters. The van der Waals surface area contributed by atoms with Gasteiger partial charge in [0.15, 0.2) is 4.77 Å². The first kappa shape index (κ1) is 14.5. The number of aromatic nitrogens is 2. The van der Waals surface area contributed by atoms with Crippen LogP contribution in [0.2, 0.25) is 0 Å². The standard InChI is InChI=1S/C15H16N4O2S/c1-18-13(20)12(14(21)19(2)15(18)22)11-8-10(16-17-11)9-6-4-3-5-7-9/h3-7,10,16,20H,8H2,1-2H3. The SMILES string of the molecule is Cn1c(O)c(C2=NNC(c3ccccc3)C2)c(=O)n(C)c1=S. The van der Waals surface area contributed by atoms with Crippen molar-refractivity contribution >= 4 is 17.9 Å². The van der Waals surface area contributed by atoms with Gasteiger partial charge in [-0.2, -0.15) is 5.10 Å². The van der Waals surface area contributed by atoms with Gasteiger partial charge in [-0.05, 0) is 17.8 Å². The van der Waals surface area contributed by atoms with Crippen LogP contribution in [0.4, 0.5) is 0 Å². The zero-order valence-corrected chi connectivity index (χ0v) is 13.1. The first-order valence-electron chi connectivity index (χ1n) is 6.87. The summed E-state index contributed by atoms with van der Waals surface area (Å²) in [7, 11) is 3.21. The molecule has 0 aliphatic carbocycles. The van der Waals surface area contributed by atoms with Crippen LogP contribution in [0, 0.1) is 4.77 Å². The van der Waals surface area contributed by atoms with E-state index < -0.39 is 0 Å². The second kappa shape index (κ2) is 5.42. The van der Waals surface area contributed by atoms with Crippen molar-refractivity contribution in [2.24, 2.45) is 19.2 Å². The van der Waals surface area contributed by atoms with Gasteiger partial charge in [-0.25, -0.2) is 0 Å². The predicted molar refractivity (Wildman–Crippen MR) is 86.6 cm³/mol. The van der Waals surface area contributed by atoms with E-state index in [1.807, 2.05) is 30.3 Å². The van der Waals surface area contributed by atoms with Gasteiger partial charge in [0.25, 0.3) is 5.56 Å². The lowest BCUT2D eigenvalue weighted by molar-refractivity contribution is 0.414. The molecular weight excluding hydrogens is 300 g/mol. The Morgan fingerprint density at radius 2 is 1.95 bits per heavy atom. The number of hydrazone groups is 1. The van der Waals surface area contributed by atoms with Gasteiger partial charge < -0.3 is 10.5 Å². The van der Waals surface area contributed by atoms with Crippen LogP contribution in [-0.4, -0.2) is 20.0 Å². The Morgan fingerprint density at radius 1 is 1.27 bits per heavy atom. The van der Waals surface area contributed by atoms with Crippen molar-refractivity contribution in [2.45, 2.75) is 12.5 Å². The molecular formula is C15H16N4O2S. The van der Waals surface area contributed by atoms with E-state index in [1.165, 1.54) is 9.13 Å². The number of aromatic hydroxyl groups is 1. The van der Waals surface area contributed by atoms with Gasteiger partial charge >= 0.3 is 0 Å². The van der Waals surface area contributed by atoms with Gasteiger partial charge in [0.05, 0.1) is 11.8 Å². The van der Waals surface area contributed by atoms with Crippen LogP contribution in [0.25, 0.3) is 0 Å². The van der Waals surface area contributed by atoms with Crippen LogP contribution < -0.4 is 11.0 Å². The smallest absolute Gasteiger partial charge is 0.267 e. The number of nitrogens with zero attached hydrogens (tertiary/aromatic N) is 3. The van der Waals surface area contributed by atoms with Crippen molar-refractivity contribution in [3.63, 3.8) is 0 Å². The molecule has 7 heteroatoms. The highest BCUT2D eigenvalue weighted by molar-refractivity contribution is 7.71. The van der Waals surface area contributed by atoms with Crippen LogP contribution in [0.3, 0.4) is 0 Å². The molecule has 0 spiro atoms. The van der Waals surface area contributed by atoms with Gasteiger partial charge in [0.2, 0.25) is 5.88 Å². The van der Waals surface area contributed by atoms with Gasteiger partial charge in [0, 0.05) is 20.5 Å². The monoisotopic (exact) mass is 316 g/mol. The maximum absolute atomic E-state index is 12.4. The largest absolute Gasteiger partial charge is 0.494 e. The Kier molecular flexibility index (Phi) is 3.58. The van der Waals surface area contributed by atoms with Crippen molar-refractivity contribution in [3.05, 3.63) is 56.6 Å². The fraction of sp³-hybridized carbons (Fsp3) is 0.267. The maximum atomic E-state index is 12.4. The molecule has 1 aromatic heterocycles. The first-order valence-corrected chi connectivity index (χ1v) is 7.28. The fourth-order valence-corrected chi connectivity index (χ4v) is 2.73. The predicted octanol–water partition coefficient (Wildman–Crippen LogP) is 1.60. The maximum Gasteiger partial charge on any atom is 0.267 e. The van der Waals surface area contributed by atoms with E-state index >= 15 is 0 Å². The van der Waals surface area contributed by atoms with Crippen LogP contribution >= 0.6 is 12.2 Å². The van der Waals surface area contributed by atoms with Crippen molar-refractivity contribution in [3.8, 4) is 5.88 Å². The van der Waals surface area contributed by atoms with Gasteiger partial charge in [-0.1, -0.05) is 30.3 Å². The van der Waals surface area contributed by atoms with E-state index in [2.05, 4.69) is 10.5 Å². The second-order valence-electron chi connectivity index (χ2n) is 5.26. The number of hydrogen-bond acceptors (Lipinski definition) is 5. The zero-order chi connectivity index (χ0) is 15.9. The molecule has 3 rings (SSSR count). The van der Waals surface area contributed by atoms with E-state index in [-0.39, 0.29) is 27.8 Å². The van der Waals surface area contributed by atoms with Crippen molar-refractivity contribution < 1.29 is 5.11 Å². The Bertz CT molecular complexity index is 868. The number of benzene rings is 1. The minimum absolute atomic E-state index is 0.00575. The molecule has 0 amide bonds. The zero-order valence-electron chi connectivity index (χ0n) is 12.3. The lowest BCUT2D eigenvalue weighted by Gasteiger charge is -2.12. The van der Waals surface area contributed by atoms with E-state index in [0.717, 1.165) is 5.56 Å². The Morgan fingerprint density at radius 3 is 2.64 bits per heavy atom. The van der Waals surface area contributed by atoms with Crippen LogP contribution in [-0.2, 0) is 14.1 Å². The van der Waals surface area contributed by atoms with Crippen LogP contribution in [0.15, 0.2) is 40.2 Å². The molecule has 1 aliphatic heterocycles. The summed E-state index contributed by atoms with van der Waals surface area (Å²) >= 11 is 5.11. The molecule has 0 fully saturated rings. The lowest BCUT2D eigenvalue weighted by Crippen LogP contribution is -2.28.